The standard InChI is InChI=1S/C18H35N/c1-17(2,3)16-18(4,5)14-12-10-8-9-11-13-15-19(6)7/h10-13H,8-9,14-16H2,1-7H3/b12-10+,13-11+. The van der Waals surface area contributed by atoms with Gasteiger partial charge in [-0.05, 0) is 50.6 Å². The van der Waals surface area contributed by atoms with Crippen LogP contribution in [0.4, 0.5) is 0 Å². The molecule has 0 aliphatic carbocycles. The largest absolute Gasteiger partial charge is 0.306 e. The smallest absolute Gasteiger partial charge is 0.0157 e. The normalized spacial score (nSPS) is 14.1. The molecule has 0 aromatic heterocycles. The van der Waals surface area contributed by atoms with Crippen LogP contribution in [0.5, 0.6) is 0 Å². The minimum atomic E-state index is 0.412. The van der Waals surface area contributed by atoms with Gasteiger partial charge in [-0.1, -0.05) is 58.9 Å². The lowest BCUT2D eigenvalue weighted by atomic mass is 9.74. The van der Waals surface area contributed by atoms with E-state index in [1.165, 1.54) is 12.8 Å². The first kappa shape index (κ1) is 18.4. The van der Waals surface area contributed by atoms with Gasteiger partial charge in [0.1, 0.15) is 0 Å². The fraction of sp³-hybridized carbons (Fsp3) is 0.778. The predicted octanol–water partition coefficient (Wildman–Crippen LogP) is 5.29. The number of likely N-dealkylation sites (N-methyl/N-ethyl adjacent to an activating group) is 1. The maximum atomic E-state index is 2.37. The van der Waals surface area contributed by atoms with E-state index in [-0.39, 0.29) is 0 Å². The quantitative estimate of drug-likeness (QED) is 0.425. The molecule has 1 heteroatoms. The first-order valence-electron chi connectivity index (χ1n) is 7.57. The van der Waals surface area contributed by atoms with Crippen LogP contribution in [-0.4, -0.2) is 25.5 Å². The molecule has 0 bridgehead atoms. The fourth-order valence-corrected chi connectivity index (χ4v) is 2.62. The Balaban J connectivity index is 3.81. The second-order valence-electron chi connectivity index (χ2n) is 7.89. The number of rotatable bonds is 8. The summed E-state index contributed by atoms with van der Waals surface area (Å²) in [4.78, 5) is 2.18. The molecule has 0 aliphatic heterocycles. The molecule has 0 amide bonds. The van der Waals surface area contributed by atoms with E-state index in [0.717, 1.165) is 19.4 Å². The Morgan fingerprint density at radius 3 is 1.79 bits per heavy atom. The van der Waals surface area contributed by atoms with Crippen LogP contribution >= 0.6 is 0 Å². The van der Waals surface area contributed by atoms with Gasteiger partial charge < -0.3 is 4.90 Å². The van der Waals surface area contributed by atoms with E-state index in [4.69, 9.17) is 0 Å². The van der Waals surface area contributed by atoms with Gasteiger partial charge in [0.2, 0.25) is 0 Å². The third-order valence-corrected chi connectivity index (χ3v) is 2.98. The molecule has 112 valence electrons. The van der Waals surface area contributed by atoms with E-state index < -0.39 is 0 Å². The van der Waals surface area contributed by atoms with Crippen molar-refractivity contribution in [3.63, 3.8) is 0 Å². The summed E-state index contributed by atoms with van der Waals surface area (Å²) < 4.78 is 0. The highest BCUT2D eigenvalue weighted by molar-refractivity contribution is 4.92. The Bertz CT molecular complexity index is 277. The van der Waals surface area contributed by atoms with Crippen LogP contribution in [-0.2, 0) is 0 Å². The third-order valence-electron chi connectivity index (χ3n) is 2.98. The number of nitrogens with zero attached hydrogens (tertiary/aromatic N) is 1. The lowest BCUT2D eigenvalue weighted by molar-refractivity contribution is 0.215. The molecule has 0 atom stereocenters. The molecule has 0 heterocycles. The molecule has 0 aromatic rings. The zero-order valence-electron chi connectivity index (χ0n) is 14.3. The fourth-order valence-electron chi connectivity index (χ4n) is 2.62. The molecule has 19 heavy (non-hydrogen) atoms. The van der Waals surface area contributed by atoms with Gasteiger partial charge in [-0.15, -0.1) is 0 Å². The van der Waals surface area contributed by atoms with Gasteiger partial charge in [-0.25, -0.2) is 0 Å². The van der Waals surface area contributed by atoms with Crippen molar-refractivity contribution < 1.29 is 0 Å². The molecule has 1 nitrogen and oxygen atoms in total. The van der Waals surface area contributed by atoms with Gasteiger partial charge in [0, 0.05) is 6.54 Å². The Kier molecular flexibility index (Phi) is 8.33. The average molecular weight is 265 g/mol. The molecular weight excluding hydrogens is 230 g/mol. The van der Waals surface area contributed by atoms with Gasteiger partial charge in [-0.2, -0.15) is 0 Å². The van der Waals surface area contributed by atoms with Crippen LogP contribution in [0.2, 0.25) is 0 Å². The zero-order valence-corrected chi connectivity index (χ0v) is 14.3. The van der Waals surface area contributed by atoms with Crippen LogP contribution in [0.1, 0.15) is 60.3 Å². The lowest BCUT2D eigenvalue weighted by Gasteiger charge is -2.31. The Morgan fingerprint density at radius 1 is 0.789 bits per heavy atom. The molecule has 0 aromatic carbocycles. The average Bonchev–Trinajstić information content (AvgIpc) is 2.17. The molecule has 0 rings (SSSR count). The number of hydrogen-bond donors (Lipinski definition) is 0. The molecule has 0 saturated carbocycles. The van der Waals surface area contributed by atoms with E-state index in [9.17, 15) is 0 Å². The van der Waals surface area contributed by atoms with E-state index in [2.05, 4.69) is 77.9 Å². The Morgan fingerprint density at radius 2 is 1.32 bits per heavy atom. The summed E-state index contributed by atoms with van der Waals surface area (Å²) in [7, 11) is 4.20. The van der Waals surface area contributed by atoms with E-state index in [1.807, 2.05) is 0 Å². The maximum Gasteiger partial charge on any atom is 0.0157 e. The first-order valence-corrected chi connectivity index (χ1v) is 7.57. The topological polar surface area (TPSA) is 3.24 Å². The molecule has 0 radical (unpaired) electrons. The number of allylic oxidation sites excluding steroid dienone is 3. The van der Waals surface area contributed by atoms with Crippen LogP contribution in [0.25, 0.3) is 0 Å². The second kappa shape index (κ2) is 8.58. The third kappa shape index (κ3) is 13.7. The van der Waals surface area contributed by atoms with Crippen LogP contribution < -0.4 is 0 Å². The van der Waals surface area contributed by atoms with Gasteiger partial charge in [0.25, 0.3) is 0 Å². The zero-order chi connectivity index (χ0) is 14.9. The van der Waals surface area contributed by atoms with Crippen LogP contribution in [0, 0.1) is 10.8 Å². The van der Waals surface area contributed by atoms with Gasteiger partial charge in [-0.3, -0.25) is 0 Å². The highest BCUT2D eigenvalue weighted by atomic mass is 15.0. The van der Waals surface area contributed by atoms with Crippen molar-refractivity contribution >= 4 is 0 Å². The summed E-state index contributed by atoms with van der Waals surface area (Å²) >= 11 is 0. The second-order valence-corrected chi connectivity index (χ2v) is 7.89. The molecule has 0 N–H and O–H groups in total. The Labute approximate surface area is 121 Å². The van der Waals surface area contributed by atoms with Crippen molar-refractivity contribution in [1.29, 1.82) is 0 Å². The van der Waals surface area contributed by atoms with Crippen molar-refractivity contribution in [2.45, 2.75) is 60.3 Å². The van der Waals surface area contributed by atoms with Gasteiger partial charge in [0.15, 0.2) is 0 Å². The van der Waals surface area contributed by atoms with Gasteiger partial charge >= 0.3 is 0 Å². The highest BCUT2D eigenvalue weighted by Gasteiger charge is 2.23. The summed E-state index contributed by atoms with van der Waals surface area (Å²) in [5.74, 6) is 0. The summed E-state index contributed by atoms with van der Waals surface area (Å²) in [6.45, 7) is 12.8. The van der Waals surface area contributed by atoms with Crippen molar-refractivity contribution in [1.82, 2.24) is 4.90 Å². The van der Waals surface area contributed by atoms with E-state index >= 15 is 0 Å². The predicted molar refractivity (Wildman–Crippen MR) is 88.5 cm³/mol. The molecule has 0 fully saturated rings. The first-order chi connectivity index (χ1) is 8.62. The number of unbranched alkanes of at least 4 members (excludes halogenated alkanes) is 1. The summed E-state index contributed by atoms with van der Waals surface area (Å²) in [5, 5.41) is 0. The van der Waals surface area contributed by atoms with Crippen molar-refractivity contribution in [3.8, 4) is 0 Å². The minimum Gasteiger partial charge on any atom is -0.306 e. The minimum absolute atomic E-state index is 0.412. The Hall–Kier alpha value is -0.560. The molecule has 0 saturated heterocycles. The van der Waals surface area contributed by atoms with Gasteiger partial charge in [0.05, 0.1) is 0 Å². The van der Waals surface area contributed by atoms with Crippen LogP contribution in [0.15, 0.2) is 24.3 Å². The van der Waals surface area contributed by atoms with Crippen molar-refractivity contribution in [3.05, 3.63) is 24.3 Å². The monoisotopic (exact) mass is 265 g/mol. The number of hydrogen-bond acceptors (Lipinski definition) is 1. The lowest BCUT2D eigenvalue weighted by Crippen LogP contribution is -2.19. The molecule has 0 aliphatic rings. The SMILES string of the molecule is CN(C)C/C=C/CC/C=C/CC(C)(C)CC(C)(C)C. The summed E-state index contributed by atoms with van der Waals surface area (Å²) in [6.07, 6.45) is 14.0. The van der Waals surface area contributed by atoms with E-state index in [1.54, 1.807) is 0 Å². The maximum absolute atomic E-state index is 2.37. The van der Waals surface area contributed by atoms with Crippen LogP contribution in [0.3, 0.4) is 0 Å². The summed E-state index contributed by atoms with van der Waals surface area (Å²) in [6, 6.07) is 0. The summed E-state index contributed by atoms with van der Waals surface area (Å²) in [5.41, 5.74) is 0.835. The molecule has 0 spiro atoms. The molecular formula is C18H35N. The molecule has 0 unspecified atom stereocenters. The van der Waals surface area contributed by atoms with Crippen molar-refractivity contribution in [2.24, 2.45) is 10.8 Å². The van der Waals surface area contributed by atoms with Crippen molar-refractivity contribution in [2.75, 3.05) is 20.6 Å². The highest BCUT2D eigenvalue weighted by Crippen LogP contribution is 2.35. The van der Waals surface area contributed by atoms with E-state index in [0.29, 0.717) is 10.8 Å².